The van der Waals surface area contributed by atoms with E-state index in [1.165, 1.54) is 0 Å². The zero-order valence-electron chi connectivity index (χ0n) is 14.7. The third-order valence-electron chi connectivity index (χ3n) is 4.17. The summed E-state index contributed by atoms with van der Waals surface area (Å²) in [5, 5.41) is 19.5. The van der Waals surface area contributed by atoms with Gasteiger partial charge in [-0.25, -0.2) is 4.68 Å². The van der Waals surface area contributed by atoms with Gasteiger partial charge in [0.15, 0.2) is 0 Å². The Kier molecular flexibility index (Phi) is 4.63. The molecule has 2 N–H and O–H groups in total. The lowest BCUT2D eigenvalue weighted by molar-refractivity contribution is 0.0937. The molecule has 27 heavy (non-hydrogen) atoms. The van der Waals surface area contributed by atoms with Gasteiger partial charge in [0.1, 0.15) is 11.4 Å². The number of benzene rings is 2. The van der Waals surface area contributed by atoms with Crippen LogP contribution >= 0.6 is 0 Å². The van der Waals surface area contributed by atoms with Gasteiger partial charge in [0.05, 0.1) is 24.0 Å². The van der Waals surface area contributed by atoms with E-state index in [1.807, 2.05) is 36.4 Å². The fraction of sp³-hybridized carbons (Fsp3) is 0.158. The maximum atomic E-state index is 12.2. The van der Waals surface area contributed by atoms with Gasteiger partial charge in [-0.2, -0.15) is 5.10 Å². The van der Waals surface area contributed by atoms with Crippen LogP contribution in [-0.4, -0.2) is 51.4 Å². The van der Waals surface area contributed by atoms with Crippen LogP contribution < -0.4 is 5.32 Å². The Morgan fingerprint density at radius 1 is 1.22 bits per heavy atom. The summed E-state index contributed by atoms with van der Waals surface area (Å²) in [4.78, 5) is 12.2. The molecular formula is C19H18N6O2. The van der Waals surface area contributed by atoms with Crippen LogP contribution in [0.4, 0.5) is 0 Å². The van der Waals surface area contributed by atoms with Crippen LogP contribution in [0.25, 0.3) is 28.0 Å². The van der Waals surface area contributed by atoms with E-state index < -0.39 is 0 Å². The second-order valence-electron chi connectivity index (χ2n) is 5.97. The second kappa shape index (κ2) is 7.38. The van der Waals surface area contributed by atoms with Crippen molar-refractivity contribution in [2.24, 2.45) is 0 Å². The van der Waals surface area contributed by atoms with Crippen LogP contribution in [0.3, 0.4) is 0 Å². The number of rotatable bonds is 6. The standard InChI is InChI=1S/C19H18N6O2/c1-27-10-9-20-19(26)13-5-4-6-14(11-13)25-12-17(22-24-25)18-15-7-2-3-8-16(15)21-23-18/h2-8,11-12H,9-10H2,1H3,(H,20,26)(H,21,23). The first-order valence-electron chi connectivity index (χ1n) is 8.49. The van der Waals surface area contributed by atoms with E-state index in [9.17, 15) is 4.79 Å². The summed E-state index contributed by atoms with van der Waals surface area (Å²) in [6, 6.07) is 15.1. The monoisotopic (exact) mass is 362 g/mol. The number of hydrogen-bond donors (Lipinski definition) is 2. The topological polar surface area (TPSA) is 97.7 Å². The Labute approximate surface area is 155 Å². The largest absolute Gasteiger partial charge is 0.383 e. The van der Waals surface area contributed by atoms with Crippen LogP contribution in [-0.2, 0) is 4.74 Å². The van der Waals surface area contributed by atoms with Crippen molar-refractivity contribution in [1.29, 1.82) is 0 Å². The smallest absolute Gasteiger partial charge is 0.251 e. The number of para-hydroxylation sites is 1. The van der Waals surface area contributed by atoms with Crippen molar-refractivity contribution in [3.05, 3.63) is 60.3 Å². The van der Waals surface area contributed by atoms with Crippen LogP contribution in [0.15, 0.2) is 54.7 Å². The minimum Gasteiger partial charge on any atom is -0.383 e. The second-order valence-corrected chi connectivity index (χ2v) is 5.97. The number of aromatic amines is 1. The lowest BCUT2D eigenvalue weighted by Gasteiger charge is -2.06. The molecule has 0 aliphatic heterocycles. The number of methoxy groups -OCH3 is 1. The highest BCUT2D eigenvalue weighted by molar-refractivity contribution is 5.94. The summed E-state index contributed by atoms with van der Waals surface area (Å²) in [5.41, 5.74) is 3.63. The molecule has 0 spiro atoms. The van der Waals surface area contributed by atoms with E-state index >= 15 is 0 Å². The van der Waals surface area contributed by atoms with E-state index in [-0.39, 0.29) is 5.91 Å². The van der Waals surface area contributed by atoms with Crippen molar-refractivity contribution < 1.29 is 9.53 Å². The fourth-order valence-corrected chi connectivity index (χ4v) is 2.82. The van der Waals surface area contributed by atoms with E-state index in [1.54, 1.807) is 30.1 Å². The molecule has 0 atom stereocenters. The predicted octanol–water partition coefficient (Wildman–Crippen LogP) is 2.19. The number of ether oxygens (including phenoxy) is 1. The summed E-state index contributed by atoms with van der Waals surface area (Å²) in [6.45, 7) is 0.925. The van der Waals surface area contributed by atoms with Gasteiger partial charge in [-0.3, -0.25) is 9.89 Å². The number of H-pyrrole nitrogens is 1. The van der Waals surface area contributed by atoms with Gasteiger partial charge >= 0.3 is 0 Å². The number of nitrogens with one attached hydrogen (secondary N) is 2. The van der Waals surface area contributed by atoms with Gasteiger partial charge in [0.2, 0.25) is 0 Å². The van der Waals surface area contributed by atoms with E-state index in [2.05, 4.69) is 25.8 Å². The third kappa shape index (κ3) is 3.42. The van der Waals surface area contributed by atoms with E-state index in [0.717, 1.165) is 22.3 Å². The Bertz CT molecular complexity index is 1080. The Morgan fingerprint density at radius 3 is 3.00 bits per heavy atom. The normalized spacial score (nSPS) is 11.0. The number of hydrogen-bond acceptors (Lipinski definition) is 5. The lowest BCUT2D eigenvalue weighted by Crippen LogP contribution is -2.26. The molecule has 4 rings (SSSR count). The van der Waals surface area contributed by atoms with Gasteiger partial charge < -0.3 is 10.1 Å². The minimum atomic E-state index is -0.160. The average Bonchev–Trinajstić information content (AvgIpc) is 3.35. The van der Waals surface area contributed by atoms with Gasteiger partial charge in [-0.1, -0.05) is 29.5 Å². The summed E-state index contributed by atoms with van der Waals surface area (Å²) in [7, 11) is 1.59. The predicted molar refractivity (Wildman–Crippen MR) is 101 cm³/mol. The van der Waals surface area contributed by atoms with Crippen molar-refractivity contribution in [1.82, 2.24) is 30.5 Å². The van der Waals surface area contributed by atoms with Crippen LogP contribution in [0, 0.1) is 0 Å². The molecule has 4 aromatic rings. The van der Waals surface area contributed by atoms with E-state index in [0.29, 0.717) is 24.4 Å². The Hall–Kier alpha value is -3.52. The maximum Gasteiger partial charge on any atom is 0.251 e. The molecular weight excluding hydrogens is 344 g/mol. The van der Waals surface area contributed by atoms with Crippen molar-refractivity contribution >= 4 is 16.8 Å². The SMILES string of the molecule is COCCNC(=O)c1cccc(-n2cc(-c3n[nH]c4ccccc34)nn2)c1. The highest BCUT2D eigenvalue weighted by Gasteiger charge is 2.13. The van der Waals surface area contributed by atoms with Crippen molar-refractivity contribution in [2.75, 3.05) is 20.3 Å². The van der Waals surface area contributed by atoms with Crippen LogP contribution in [0.2, 0.25) is 0 Å². The summed E-state index contributed by atoms with van der Waals surface area (Å²) >= 11 is 0. The molecule has 8 heteroatoms. The molecule has 2 aromatic carbocycles. The molecule has 0 fully saturated rings. The third-order valence-corrected chi connectivity index (χ3v) is 4.17. The van der Waals surface area contributed by atoms with Crippen molar-refractivity contribution in [2.45, 2.75) is 0 Å². The van der Waals surface area contributed by atoms with Crippen LogP contribution in [0.5, 0.6) is 0 Å². The number of fused-ring (bicyclic) bond motifs is 1. The average molecular weight is 362 g/mol. The molecule has 0 saturated carbocycles. The number of carbonyl (C=O) groups is 1. The first-order valence-corrected chi connectivity index (χ1v) is 8.49. The molecule has 0 unspecified atom stereocenters. The maximum absolute atomic E-state index is 12.2. The Morgan fingerprint density at radius 2 is 2.11 bits per heavy atom. The molecule has 0 aliphatic rings. The van der Waals surface area contributed by atoms with Crippen LogP contribution in [0.1, 0.15) is 10.4 Å². The van der Waals surface area contributed by atoms with E-state index in [4.69, 9.17) is 4.74 Å². The molecule has 0 aliphatic carbocycles. The quantitative estimate of drug-likeness (QED) is 0.513. The van der Waals surface area contributed by atoms with Gasteiger partial charge in [0, 0.05) is 24.6 Å². The number of nitrogens with zero attached hydrogens (tertiary/aromatic N) is 4. The molecule has 2 aromatic heterocycles. The summed E-state index contributed by atoms with van der Waals surface area (Å²) < 4.78 is 6.57. The molecule has 0 radical (unpaired) electrons. The Balaban J connectivity index is 1.60. The number of aromatic nitrogens is 5. The van der Waals surface area contributed by atoms with Gasteiger partial charge in [-0.15, -0.1) is 5.10 Å². The lowest BCUT2D eigenvalue weighted by atomic mass is 10.1. The zero-order valence-corrected chi connectivity index (χ0v) is 14.7. The molecule has 1 amide bonds. The fourth-order valence-electron chi connectivity index (χ4n) is 2.82. The molecule has 0 bridgehead atoms. The van der Waals surface area contributed by atoms with Crippen molar-refractivity contribution in [3.63, 3.8) is 0 Å². The zero-order chi connectivity index (χ0) is 18.6. The van der Waals surface area contributed by atoms with Gasteiger partial charge in [0.25, 0.3) is 5.91 Å². The molecule has 8 nitrogen and oxygen atoms in total. The molecule has 136 valence electrons. The van der Waals surface area contributed by atoms with Gasteiger partial charge in [-0.05, 0) is 24.3 Å². The highest BCUT2D eigenvalue weighted by atomic mass is 16.5. The number of amides is 1. The molecule has 2 heterocycles. The first kappa shape index (κ1) is 16.9. The highest BCUT2D eigenvalue weighted by Crippen LogP contribution is 2.24. The minimum absolute atomic E-state index is 0.160. The first-order chi connectivity index (χ1) is 13.3. The molecule has 0 saturated heterocycles. The van der Waals surface area contributed by atoms with Crippen molar-refractivity contribution in [3.8, 4) is 17.1 Å². The summed E-state index contributed by atoms with van der Waals surface area (Å²) in [6.07, 6.45) is 1.80. The summed E-state index contributed by atoms with van der Waals surface area (Å²) in [5.74, 6) is -0.160. The number of carbonyl (C=O) groups excluding carboxylic acids is 1.